The molecule has 0 aliphatic heterocycles. The third-order valence-corrected chi connectivity index (χ3v) is 3.13. The Morgan fingerprint density at radius 1 is 1.00 bits per heavy atom. The highest BCUT2D eigenvalue weighted by atomic mass is 16.5. The molecule has 1 aromatic rings. The second kappa shape index (κ2) is 9.58. The van der Waals surface area contributed by atoms with E-state index in [0.717, 1.165) is 0 Å². The van der Waals surface area contributed by atoms with Gasteiger partial charge in [0.05, 0.1) is 25.5 Å². The normalized spacial score (nSPS) is 10.5. The number of methoxy groups -OCH3 is 2. The largest absolute Gasteiger partial charge is 0.493 e. The van der Waals surface area contributed by atoms with E-state index in [-0.39, 0.29) is 17.0 Å². The number of ether oxygens (including phenoxy) is 3. The Kier molecular flexibility index (Phi) is 7.78. The van der Waals surface area contributed by atoms with Crippen LogP contribution in [0.2, 0.25) is 0 Å². The molecule has 0 unspecified atom stereocenters. The molecule has 10 heteroatoms. The summed E-state index contributed by atoms with van der Waals surface area (Å²) in [6.45, 7) is 5.82. The molecule has 0 spiro atoms. The summed E-state index contributed by atoms with van der Waals surface area (Å²) in [4.78, 5) is 47.2. The highest BCUT2D eigenvalue weighted by Crippen LogP contribution is 2.33. The Morgan fingerprint density at radius 2 is 1.57 bits per heavy atom. The van der Waals surface area contributed by atoms with Crippen molar-refractivity contribution in [3.8, 4) is 11.5 Å². The molecule has 28 heavy (non-hydrogen) atoms. The fourth-order valence-corrected chi connectivity index (χ4v) is 2.08. The quantitative estimate of drug-likeness (QED) is 0.621. The summed E-state index contributed by atoms with van der Waals surface area (Å²) in [7, 11) is 2.78. The van der Waals surface area contributed by atoms with E-state index in [1.54, 1.807) is 20.8 Å². The monoisotopic (exact) mass is 395 g/mol. The topological polar surface area (TPSA) is 132 Å². The minimum absolute atomic E-state index is 0.0419. The van der Waals surface area contributed by atoms with Crippen LogP contribution in [-0.2, 0) is 14.3 Å². The van der Waals surface area contributed by atoms with Crippen LogP contribution in [0.3, 0.4) is 0 Å². The number of esters is 1. The van der Waals surface area contributed by atoms with Gasteiger partial charge in [-0.05, 0) is 20.8 Å². The lowest BCUT2D eigenvalue weighted by molar-refractivity contribution is -0.123. The molecule has 0 radical (unpaired) electrons. The summed E-state index contributed by atoms with van der Waals surface area (Å²) >= 11 is 0. The van der Waals surface area contributed by atoms with Crippen LogP contribution in [-0.4, -0.2) is 50.2 Å². The molecule has 10 nitrogen and oxygen atoms in total. The van der Waals surface area contributed by atoms with Crippen molar-refractivity contribution >= 4 is 29.5 Å². The predicted molar refractivity (Wildman–Crippen MR) is 101 cm³/mol. The average molecular weight is 395 g/mol. The van der Waals surface area contributed by atoms with Gasteiger partial charge in [-0.3, -0.25) is 14.9 Å². The number of urea groups is 1. The Morgan fingerprint density at radius 3 is 2.07 bits per heavy atom. The Balaban J connectivity index is 2.89. The van der Waals surface area contributed by atoms with Gasteiger partial charge >= 0.3 is 12.0 Å². The molecular weight excluding hydrogens is 370 g/mol. The van der Waals surface area contributed by atoms with E-state index in [2.05, 4.69) is 16.0 Å². The lowest BCUT2D eigenvalue weighted by atomic mass is 10.1. The molecule has 0 atom stereocenters. The Labute approximate surface area is 162 Å². The molecule has 1 rings (SSSR count). The molecule has 0 saturated carbocycles. The van der Waals surface area contributed by atoms with Crippen molar-refractivity contribution in [3.63, 3.8) is 0 Å². The van der Waals surface area contributed by atoms with Gasteiger partial charge in [0, 0.05) is 24.6 Å². The summed E-state index contributed by atoms with van der Waals surface area (Å²) in [5.41, 5.74) is -0.450. The number of benzene rings is 1. The number of amides is 4. The first kappa shape index (κ1) is 22.7. The summed E-state index contributed by atoms with van der Waals surface area (Å²) in [6, 6.07) is 2.00. The highest BCUT2D eigenvalue weighted by molar-refractivity contribution is 6.03. The summed E-state index contributed by atoms with van der Waals surface area (Å²) < 4.78 is 15.2. The number of imide groups is 1. The molecular formula is C18H25N3O7. The number of rotatable bonds is 6. The molecule has 4 amide bonds. The van der Waals surface area contributed by atoms with Crippen LogP contribution < -0.4 is 25.4 Å². The molecule has 3 N–H and O–H groups in total. The van der Waals surface area contributed by atoms with Gasteiger partial charge in [-0.1, -0.05) is 0 Å². The number of nitrogens with one attached hydrogen (secondary N) is 3. The maximum atomic E-state index is 12.4. The van der Waals surface area contributed by atoms with Crippen molar-refractivity contribution in [1.82, 2.24) is 10.6 Å². The van der Waals surface area contributed by atoms with E-state index in [1.165, 1.54) is 33.3 Å². The number of carbonyl (C=O) groups is 4. The maximum Gasteiger partial charge on any atom is 0.340 e. The van der Waals surface area contributed by atoms with Crippen LogP contribution in [0, 0.1) is 0 Å². The maximum absolute atomic E-state index is 12.4. The summed E-state index contributed by atoms with van der Waals surface area (Å²) in [5.74, 6) is -1.59. The molecule has 0 aliphatic rings. The van der Waals surface area contributed by atoms with Crippen LogP contribution in [0.25, 0.3) is 0 Å². The standard InChI is InChI=1S/C18H25N3O7/c1-10(22)19-12-8-14(27-6)13(26-5)7-11(12)16(24)28-9-15(23)20-17(25)21-18(2,3)4/h7-8H,9H2,1-6H3,(H,19,22)(H2,20,21,23,25). The highest BCUT2D eigenvalue weighted by Gasteiger charge is 2.21. The molecule has 0 saturated heterocycles. The second-order valence-electron chi connectivity index (χ2n) is 6.76. The first-order chi connectivity index (χ1) is 13.0. The fourth-order valence-electron chi connectivity index (χ4n) is 2.08. The molecule has 154 valence electrons. The van der Waals surface area contributed by atoms with Gasteiger partial charge in [-0.15, -0.1) is 0 Å². The van der Waals surface area contributed by atoms with Crippen molar-refractivity contribution in [2.45, 2.75) is 33.2 Å². The first-order valence-electron chi connectivity index (χ1n) is 8.29. The van der Waals surface area contributed by atoms with E-state index < -0.39 is 36.0 Å². The van der Waals surface area contributed by atoms with Crippen LogP contribution in [0.4, 0.5) is 10.5 Å². The van der Waals surface area contributed by atoms with Gasteiger partial charge in [-0.25, -0.2) is 9.59 Å². The number of hydrogen-bond donors (Lipinski definition) is 3. The number of carbonyl (C=O) groups excluding carboxylic acids is 4. The smallest absolute Gasteiger partial charge is 0.340 e. The Hall–Kier alpha value is -3.30. The lowest BCUT2D eigenvalue weighted by Gasteiger charge is -2.20. The van der Waals surface area contributed by atoms with E-state index in [0.29, 0.717) is 5.75 Å². The van der Waals surface area contributed by atoms with Crippen molar-refractivity contribution < 1.29 is 33.4 Å². The Bertz CT molecular complexity index is 769. The third kappa shape index (κ3) is 7.14. The lowest BCUT2D eigenvalue weighted by Crippen LogP contribution is -2.49. The van der Waals surface area contributed by atoms with E-state index >= 15 is 0 Å². The predicted octanol–water partition coefficient (Wildman–Crippen LogP) is 1.44. The summed E-state index contributed by atoms with van der Waals surface area (Å²) in [5, 5.41) is 7.07. The van der Waals surface area contributed by atoms with Gasteiger partial charge in [0.25, 0.3) is 5.91 Å². The summed E-state index contributed by atoms with van der Waals surface area (Å²) in [6.07, 6.45) is 0. The molecule has 0 aliphatic carbocycles. The zero-order chi connectivity index (χ0) is 21.5. The molecule has 0 aromatic heterocycles. The second-order valence-corrected chi connectivity index (χ2v) is 6.76. The minimum Gasteiger partial charge on any atom is -0.493 e. The fraction of sp³-hybridized carbons (Fsp3) is 0.444. The van der Waals surface area contributed by atoms with Gasteiger partial charge in [0.2, 0.25) is 5.91 Å². The van der Waals surface area contributed by atoms with Crippen LogP contribution in [0.1, 0.15) is 38.1 Å². The van der Waals surface area contributed by atoms with E-state index in [1.807, 2.05) is 0 Å². The zero-order valence-corrected chi connectivity index (χ0v) is 16.7. The van der Waals surface area contributed by atoms with Gasteiger partial charge in [0.1, 0.15) is 0 Å². The third-order valence-electron chi connectivity index (χ3n) is 3.13. The number of anilines is 1. The van der Waals surface area contributed by atoms with Crippen molar-refractivity contribution in [2.24, 2.45) is 0 Å². The zero-order valence-electron chi connectivity index (χ0n) is 16.7. The molecule has 0 fully saturated rings. The van der Waals surface area contributed by atoms with Crippen molar-refractivity contribution in [3.05, 3.63) is 17.7 Å². The average Bonchev–Trinajstić information content (AvgIpc) is 2.56. The van der Waals surface area contributed by atoms with Gasteiger partial charge < -0.3 is 24.8 Å². The number of hydrogen-bond acceptors (Lipinski definition) is 7. The molecule has 0 bridgehead atoms. The van der Waals surface area contributed by atoms with Gasteiger partial charge in [-0.2, -0.15) is 0 Å². The SMILES string of the molecule is COc1cc(NC(C)=O)c(C(=O)OCC(=O)NC(=O)NC(C)(C)C)cc1OC. The first-order valence-corrected chi connectivity index (χ1v) is 8.29. The van der Waals surface area contributed by atoms with Crippen LogP contribution in [0.5, 0.6) is 11.5 Å². The van der Waals surface area contributed by atoms with Crippen LogP contribution >= 0.6 is 0 Å². The van der Waals surface area contributed by atoms with Crippen LogP contribution in [0.15, 0.2) is 12.1 Å². The molecule has 1 aromatic carbocycles. The molecule has 0 heterocycles. The van der Waals surface area contributed by atoms with E-state index in [9.17, 15) is 19.2 Å². The van der Waals surface area contributed by atoms with Crippen molar-refractivity contribution in [1.29, 1.82) is 0 Å². The minimum atomic E-state index is -0.893. The van der Waals surface area contributed by atoms with Crippen molar-refractivity contribution in [2.75, 3.05) is 26.1 Å². The van der Waals surface area contributed by atoms with Gasteiger partial charge in [0.15, 0.2) is 18.1 Å². The van der Waals surface area contributed by atoms with E-state index in [4.69, 9.17) is 14.2 Å².